The number of nitrogens with one attached hydrogen (secondary N) is 1. The number of carbonyl (C=O) groups is 2. The van der Waals surface area contributed by atoms with Gasteiger partial charge in [0.25, 0.3) is 0 Å². The van der Waals surface area contributed by atoms with Crippen LogP contribution in [0.25, 0.3) is 0 Å². The minimum Gasteiger partial charge on any atom is -0.458 e. The van der Waals surface area contributed by atoms with Gasteiger partial charge in [0, 0.05) is 13.3 Å². The highest BCUT2D eigenvalue weighted by Crippen LogP contribution is 2.26. The molecule has 140 valence electrons. The minimum absolute atomic E-state index is 0.141. The third-order valence-corrected chi connectivity index (χ3v) is 3.50. The van der Waals surface area contributed by atoms with Crippen molar-refractivity contribution in [2.75, 3.05) is 6.61 Å². The fourth-order valence-electron chi connectivity index (χ4n) is 2.47. The van der Waals surface area contributed by atoms with Gasteiger partial charge in [-0.3, -0.25) is 4.79 Å². The highest BCUT2D eigenvalue weighted by atomic mass is 16.6. The fourth-order valence-corrected chi connectivity index (χ4v) is 2.47. The largest absolute Gasteiger partial charge is 0.458 e. The van der Waals surface area contributed by atoms with Crippen LogP contribution in [-0.4, -0.2) is 81.1 Å². The number of hydrogen-bond acceptors (Lipinski definition) is 8. The molecule has 0 aromatic carbocycles. The van der Waals surface area contributed by atoms with Gasteiger partial charge in [0.2, 0.25) is 5.91 Å². The van der Waals surface area contributed by atoms with Gasteiger partial charge >= 0.3 is 5.97 Å². The van der Waals surface area contributed by atoms with Crippen LogP contribution in [-0.2, 0) is 19.1 Å². The predicted octanol–water partition coefficient (Wildman–Crippen LogP) is -1.93. The maximum absolute atomic E-state index is 12.2. The van der Waals surface area contributed by atoms with Crippen LogP contribution in [0.4, 0.5) is 0 Å². The molecule has 1 saturated heterocycles. The van der Waals surface area contributed by atoms with E-state index < -0.39 is 60.6 Å². The van der Waals surface area contributed by atoms with E-state index in [9.17, 15) is 24.9 Å². The van der Waals surface area contributed by atoms with Crippen LogP contribution in [0.15, 0.2) is 0 Å². The summed E-state index contributed by atoms with van der Waals surface area (Å²) >= 11 is 0. The number of rotatable bonds is 5. The Morgan fingerprint density at radius 2 is 1.92 bits per heavy atom. The summed E-state index contributed by atoms with van der Waals surface area (Å²) in [6.07, 6.45) is -6.99. The Bertz CT molecular complexity index is 449. The van der Waals surface area contributed by atoms with E-state index in [0.717, 1.165) is 0 Å². The number of aliphatic hydroxyl groups excluding tert-OH is 4. The summed E-state index contributed by atoms with van der Waals surface area (Å²) in [5.41, 5.74) is -0.765. The Balaban J connectivity index is 2.97. The van der Waals surface area contributed by atoms with Crippen molar-refractivity contribution in [1.82, 2.24) is 5.32 Å². The van der Waals surface area contributed by atoms with Gasteiger partial charge in [-0.25, -0.2) is 4.79 Å². The highest BCUT2D eigenvalue weighted by Gasteiger charge is 2.46. The molecule has 1 fully saturated rings. The lowest BCUT2D eigenvalue weighted by molar-refractivity contribution is -0.205. The second-order valence-electron chi connectivity index (χ2n) is 6.89. The molecule has 9 heteroatoms. The molecule has 0 spiro atoms. The zero-order valence-corrected chi connectivity index (χ0v) is 14.3. The lowest BCUT2D eigenvalue weighted by Crippen LogP contribution is -2.63. The van der Waals surface area contributed by atoms with Crippen LogP contribution in [0.5, 0.6) is 0 Å². The van der Waals surface area contributed by atoms with Gasteiger partial charge in [0.1, 0.15) is 23.9 Å². The van der Waals surface area contributed by atoms with E-state index in [4.69, 9.17) is 14.6 Å². The summed E-state index contributed by atoms with van der Waals surface area (Å²) < 4.78 is 10.7. The summed E-state index contributed by atoms with van der Waals surface area (Å²) in [5, 5.41) is 41.4. The molecule has 0 aliphatic carbocycles. The molecule has 0 aromatic heterocycles. The fraction of sp³-hybridized carbons (Fsp3) is 0.867. The third kappa shape index (κ3) is 5.67. The monoisotopic (exact) mass is 349 g/mol. The molecule has 0 bridgehead atoms. The normalized spacial score (nSPS) is 30.3. The molecule has 0 aromatic rings. The second-order valence-corrected chi connectivity index (χ2v) is 6.89. The van der Waals surface area contributed by atoms with Gasteiger partial charge in [-0.05, 0) is 20.8 Å². The Hall–Kier alpha value is -1.26. The molecule has 0 saturated carbocycles. The van der Waals surface area contributed by atoms with E-state index in [-0.39, 0.29) is 6.42 Å². The summed E-state index contributed by atoms with van der Waals surface area (Å²) in [6.45, 7) is 5.49. The maximum atomic E-state index is 12.2. The van der Waals surface area contributed by atoms with E-state index in [1.54, 1.807) is 20.8 Å². The molecule has 0 radical (unpaired) electrons. The van der Waals surface area contributed by atoms with Gasteiger partial charge in [-0.2, -0.15) is 0 Å². The van der Waals surface area contributed by atoms with Crippen molar-refractivity contribution in [3.8, 4) is 0 Å². The van der Waals surface area contributed by atoms with E-state index in [0.29, 0.717) is 0 Å². The van der Waals surface area contributed by atoms with E-state index in [2.05, 4.69) is 5.32 Å². The van der Waals surface area contributed by atoms with Gasteiger partial charge in [0.15, 0.2) is 6.10 Å². The van der Waals surface area contributed by atoms with Gasteiger partial charge < -0.3 is 35.2 Å². The Kier molecular flexibility index (Phi) is 7.11. The van der Waals surface area contributed by atoms with Crippen molar-refractivity contribution in [2.24, 2.45) is 0 Å². The summed E-state index contributed by atoms with van der Waals surface area (Å²) in [4.78, 5) is 23.5. The van der Waals surface area contributed by atoms with Crippen molar-refractivity contribution in [3.05, 3.63) is 0 Å². The standard InChI is InChI=1S/C15H27NO8/c1-7(18)16-11-8(19)5-10(14(22)24-15(2,3)4)23-13(11)12(21)9(20)6-17/h8-13,17,19-21H,5-6H2,1-4H3,(H,16,18)/t8-,9+,10+,11+,12+,13+/m0/s1. The van der Waals surface area contributed by atoms with Crippen molar-refractivity contribution < 1.29 is 39.5 Å². The van der Waals surface area contributed by atoms with Gasteiger partial charge in [0.05, 0.1) is 18.8 Å². The first-order chi connectivity index (χ1) is 11.0. The average molecular weight is 349 g/mol. The molecular weight excluding hydrogens is 322 g/mol. The molecule has 9 nitrogen and oxygen atoms in total. The van der Waals surface area contributed by atoms with E-state index in [1.165, 1.54) is 6.92 Å². The quantitative estimate of drug-likeness (QED) is 0.361. The maximum Gasteiger partial charge on any atom is 0.335 e. The molecule has 1 aliphatic rings. The molecule has 6 atom stereocenters. The van der Waals surface area contributed by atoms with Crippen LogP contribution in [0.1, 0.15) is 34.1 Å². The van der Waals surface area contributed by atoms with Crippen LogP contribution >= 0.6 is 0 Å². The number of carbonyl (C=O) groups excluding carboxylic acids is 2. The molecule has 0 unspecified atom stereocenters. The van der Waals surface area contributed by atoms with Gasteiger partial charge in [-0.15, -0.1) is 0 Å². The SMILES string of the molecule is CC(=O)N[C@H]1[C@H]([C@H](O)[C@H](O)CO)O[C@@H](C(=O)OC(C)(C)C)C[C@@H]1O. The molecule has 1 amide bonds. The smallest absolute Gasteiger partial charge is 0.335 e. The van der Waals surface area contributed by atoms with Crippen molar-refractivity contribution in [2.45, 2.75) is 76.3 Å². The average Bonchev–Trinajstić information content (AvgIpc) is 2.45. The van der Waals surface area contributed by atoms with Crippen LogP contribution in [0.2, 0.25) is 0 Å². The zero-order valence-electron chi connectivity index (χ0n) is 14.3. The topological polar surface area (TPSA) is 146 Å². The summed E-state index contributed by atoms with van der Waals surface area (Å²) in [5.74, 6) is -1.20. The van der Waals surface area contributed by atoms with Crippen molar-refractivity contribution in [1.29, 1.82) is 0 Å². The lowest BCUT2D eigenvalue weighted by Gasteiger charge is -2.42. The Labute approximate surface area is 140 Å². The van der Waals surface area contributed by atoms with Crippen molar-refractivity contribution in [3.63, 3.8) is 0 Å². The molecule has 1 aliphatic heterocycles. The summed E-state index contributed by atoms with van der Waals surface area (Å²) in [7, 11) is 0. The number of hydrogen-bond donors (Lipinski definition) is 5. The number of ether oxygens (including phenoxy) is 2. The first kappa shape index (κ1) is 20.8. The van der Waals surface area contributed by atoms with Gasteiger partial charge in [-0.1, -0.05) is 0 Å². The molecule has 5 N–H and O–H groups in total. The van der Waals surface area contributed by atoms with Crippen LogP contribution in [0, 0.1) is 0 Å². The Morgan fingerprint density at radius 1 is 1.33 bits per heavy atom. The van der Waals surface area contributed by atoms with Crippen molar-refractivity contribution >= 4 is 11.9 Å². The second kappa shape index (κ2) is 8.21. The van der Waals surface area contributed by atoms with Crippen LogP contribution in [0.3, 0.4) is 0 Å². The first-order valence-electron chi connectivity index (χ1n) is 7.76. The summed E-state index contributed by atoms with van der Waals surface area (Å²) in [6, 6.07) is -1.04. The molecule has 1 heterocycles. The number of esters is 1. The minimum atomic E-state index is -1.62. The predicted molar refractivity (Wildman–Crippen MR) is 81.8 cm³/mol. The number of amides is 1. The van der Waals surface area contributed by atoms with E-state index >= 15 is 0 Å². The van der Waals surface area contributed by atoms with E-state index in [1.807, 2.05) is 0 Å². The molecule has 24 heavy (non-hydrogen) atoms. The number of aliphatic hydroxyl groups is 4. The highest BCUT2D eigenvalue weighted by molar-refractivity contribution is 5.76. The molecular formula is C15H27NO8. The third-order valence-electron chi connectivity index (χ3n) is 3.50. The molecule has 1 rings (SSSR count). The van der Waals surface area contributed by atoms with Crippen LogP contribution < -0.4 is 5.32 Å². The lowest BCUT2D eigenvalue weighted by atomic mass is 9.90. The Morgan fingerprint density at radius 3 is 2.38 bits per heavy atom. The zero-order chi connectivity index (χ0) is 18.7. The first-order valence-corrected chi connectivity index (χ1v) is 7.76.